The average Bonchev–Trinajstić information content (AvgIpc) is 2.97. The molecule has 0 radical (unpaired) electrons. The molecule has 1 fully saturated rings. The fourth-order valence-electron chi connectivity index (χ4n) is 2.64. The minimum Gasteiger partial charge on any atom is -0.384 e. The highest BCUT2D eigenvalue weighted by Gasteiger charge is 2.37. The lowest BCUT2D eigenvalue weighted by molar-refractivity contribution is 0.469. The Labute approximate surface area is 121 Å². The number of hydrogen-bond donors (Lipinski definition) is 1. The Morgan fingerprint density at radius 2 is 1.85 bits per heavy atom. The Kier molecular flexibility index (Phi) is 3.14. The zero-order valence-electron chi connectivity index (χ0n) is 10.7. The number of benzene rings is 1. The molecule has 4 nitrogen and oxygen atoms in total. The molecule has 1 atom stereocenters. The van der Waals surface area contributed by atoms with E-state index in [0.717, 1.165) is 22.9 Å². The lowest BCUT2D eigenvalue weighted by Gasteiger charge is -2.31. The summed E-state index contributed by atoms with van der Waals surface area (Å²) in [7, 11) is 0. The van der Waals surface area contributed by atoms with Gasteiger partial charge in [0.2, 0.25) is 0 Å². The molecule has 0 spiro atoms. The molecule has 5 heteroatoms. The van der Waals surface area contributed by atoms with Gasteiger partial charge in [-0.1, -0.05) is 30.3 Å². The highest BCUT2D eigenvalue weighted by molar-refractivity contribution is 8.03. The Hall–Kier alpha value is -2.37. The first-order valence-electron chi connectivity index (χ1n) is 6.27. The Balaban J connectivity index is 2.22. The summed E-state index contributed by atoms with van der Waals surface area (Å²) in [6.45, 7) is 0.754. The molecule has 0 saturated carbocycles. The molecule has 1 saturated heterocycles. The zero-order valence-corrected chi connectivity index (χ0v) is 11.5. The van der Waals surface area contributed by atoms with Crippen molar-refractivity contribution in [3.63, 3.8) is 0 Å². The monoisotopic (exact) mass is 280 g/mol. The van der Waals surface area contributed by atoms with Gasteiger partial charge < -0.3 is 10.6 Å². The van der Waals surface area contributed by atoms with Crippen LogP contribution in [0.5, 0.6) is 0 Å². The molecule has 3 rings (SSSR count). The van der Waals surface area contributed by atoms with Crippen molar-refractivity contribution in [1.29, 1.82) is 10.5 Å². The molecule has 0 bridgehead atoms. The van der Waals surface area contributed by atoms with Gasteiger partial charge in [-0.2, -0.15) is 10.5 Å². The van der Waals surface area contributed by atoms with Crippen LogP contribution in [0.2, 0.25) is 0 Å². The van der Waals surface area contributed by atoms with E-state index in [9.17, 15) is 10.5 Å². The summed E-state index contributed by atoms with van der Waals surface area (Å²) >= 11 is 1.63. The molecule has 2 heterocycles. The molecular weight excluding hydrogens is 268 g/mol. The van der Waals surface area contributed by atoms with Crippen LogP contribution in [0, 0.1) is 22.7 Å². The van der Waals surface area contributed by atoms with Crippen molar-refractivity contribution in [2.24, 2.45) is 5.73 Å². The van der Waals surface area contributed by atoms with Gasteiger partial charge in [-0.25, -0.2) is 0 Å². The number of nitrogens with two attached hydrogens (primary N) is 1. The Morgan fingerprint density at radius 1 is 1.15 bits per heavy atom. The Bertz CT molecular complexity index is 691. The van der Waals surface area contributed by atoms with Crippen LogP contribution < -0.4 is 5.73 Å². The zero-order chi connectivity index (χ0) is 14.1. The summed E-state index contributed by atoms with van der Waals surface area (Å²) in [6, 6.07) is 14.1. The second-order valence-electron chi connectivity index (χ2n) is 4.59. The van der Waals surface area contributed by atoms with Crippen molar-refractivity contribution < 1.29 is 0 Å². The predicted molar refractivity (Wildman–Crippen MR) is 77.8 cm³/mol. The van der Waals surface area contributed by atoms with Crippen LogP contribution in [0.15, 0.2) is 52.3 Å². The fraction of sp³-hybridized carbons (Fsp3) is 0.200. The summed E-state index contributed by atoms with van der Waals surface area (Å²) in [6.07, 6.45) is 0. The van der Waals surface area contributed by atoms with Crippen LogP contribution in [-0.4, -0.2) is 17.2 Å². The largest absolute Gasteiger partial charge is 0.384 e. The maximum absolute atomic E-state index is 9.55. The molecule has 20 heavy (non-hydrogen) atoms. The standard InChI is InChI=1S/C15H12N4S/c16-8-11-13(10-4-2-1-3-5-10)12(9-17)15-19(14(11)18)6-7-20-15/h1-5,13H,6-7,18H2. The molecule has 1 aromatic rings. The van der Waals surface area contributed by atoms with E-state index in [2.05, 4.69) is 12.1 Å². The first-order chi connectivity index (χ1) is 9.77. The second kappa shape index (κ2) is 4.96. The molecule has 1 aromatic carbocycles. The van der Waals surface area contributed by atoms with Gasteiger partial charge in [-0.3, -0.25) is 0 Å². The first-order valence-corrected chi connectivity index (χ1v) is 7.25. The van der Waals surface area contributed by atoms with Crippen LogP contribution in [0.4, 0.5) is 0 Å². The quantitative estimate of drug-likeness (QED) is 0.853. The molecule has 0 amide bonds. The van der Waals surface area contributed by atoms with E-state index in [1.807, 2.05) is 35.2 Å². The number of rotatable bonds is 1. The van der Waals surface area contributed by atoms with Crippen molar-refractivity contribution in [3.8, 4) is 12.1 Å². The molecule has 0 aromatic heterocycles. The van der Waals surface area contributed by atoms with Crippen LogP contribution in [-0.2, 0) is 0 Å². The molecule has 98 valence electrons. The summed E-state index contributed by atoms with van der Waals surface area (Å²) < 4.78 is 0. The molecule has 2 aliphatic rings. The third-order valence-electron chi connectivity index (χ3n) is 3.55. The van der Waals surface area contributed by atoms with Gasteiger partial charge in [0.1, 0.15) is 5.82 Å². The number of allylic oxidation sites excluding steroid dienone is 2. The third kappa shape index (κ3) is 1.76. The van der Waals surface area contributed by atoms with E-state index < -0.39 is 0 Å². The lowest BCUT2D eigenvalue weighted by atomic mass is 9.84. The molecule has 1 unspecified atom stereocenters. The predicted octanol–water partition coefficient (Wildman–Crippen LogP) is 2.26. The van der Waals surface area contributed by atoms with Crippen molar-refractivity contribution in [1.82, 2.24) is 4.90 Å². The maximum Gasteiger partial charge on any atom is 0.119 e. The van der Waals surface area contributed by atoms with Crippen molar-refractivity contribution in [2.75, 3.05) is 12.3 Å². The molecule has 2 aliphatic heterocycles. The normalized spacial score (nSPS) is 21.5. The second-order valence-corrected chi connectivity index (χ2v) is 5.67. The third-order valence-corrected chi connectivity index (χ3v) is 4.65. The minimum atomic E-state index is -0.344. The number of thioether (sulfide) groups is 1. The van der Waals surface area contributed by atoms with E-state index in [0.29, 0.717) is 17.0 Å². The van der Waals surface area contributed by atoms with E-state index in [1.54, 1.807) is 11.8 Å². The van der Waals surface area contributed by atoms with Crippen LogP contribution in [0.25, 0.3) is 0 Å². The number of nitrogens with zero attached hydrogens (tertiary/aromatic N) is 3. The topological polar surface area (TPSA) is 76.8 Å². The van der Waals surface area contributed by atoms with Gasteiger partial charge >= 0.3 is 0 Å². The SMILES string of the molecule is N#CC1=C(N)N2CCSC2=C(C#N)C1c1ccccc1. The number of nitriles is 2. The summed E-state index contributed by atoms with van der Waals surface area (Å²) in [5, 5.41) is 19.9. The van der Waals surface area contributed by atoms with Gasteiger partial charge in [-0.15, -0.1) is 11.8 Å². The van der Waals surface area contributed by atoms with Gasteiger partial charge in [0, 0.05) is 12.3 Å². The lowest BCUT2D eigenvalue weighted by Crippen LogP contribution is -2.31. The van der Waals surface area contributed by atoms with Crippen molar-refractivity contribution >= 4 is 11.8 Å². The number of hydrogen-bond acceptors (Lipinski definition) is 5. The minimum absolute atomic E-state index is 0.344. The smallest absolute Gasteiger partial charge is 0.119 e. The maximum atomic E-state index is 9.55. The van der Waals surface area contributed by atoms with Crippen LogP contribution in [0.1, 0.15) is 11.5 Å². The van der Waals surface area contributed by atoms with E-state index in [4.69, 9.17) is 5.73 Å². The van der Waals surface area contributed by atoms with E-state index in [1.165, 1.54) is 0 Å². The van der Waals surface area contributed by atoms with E-state index >= 15 is 0 Å². The van der Waals surface area contributed by atoms with E-state index in [-0.39, 0.29) is 5.92 Å². The van der Waals surface area contributed by atoms with Crippen molar-refractivity contribution in [3.05, 3.63) is 57.9 Å². The Morgan fingerprint density at radius 3 is 2.50 bits per heavy atom. The van der Waals surface area contributed by atoms with Gasteiger partial charge in [-0.05, 0) is 5.56 Å². The van der Waals surface area contributed by atoms with Crippen LogP contribution in [0.3, 0.4) is 0 Å². The molecule has 0 aliphatic carbocycles. The summed E-state index contributed by atoms with van der Waals surface area (Å²) in [4.78, 5) is 1.89. The summed E-state index contributed by atoms with van der Waals surface area (Å²) in [5.41, 5.74) is 8.18. The molecular formula is C15H12N4S. The highest BCUT2D eigenvalue weighted by Crippen LogP contribution is 2.45. The fourth-order valence-corrected chi connectivity index (χ4v) is 3.77. The van der Waals surface area contributed by atoms with Gasteiger partial charge in [0.05, 0.1) is 34.2 Å². The van der Waals surface area contributed by atoms with Crippen molar-refractivity contribution in [2.45, 2.75) is 5.92 Å². The average molecular weight is 280 g/mol. The number of fused-ring (bicyclic) bond motifs is 1. The summed E-state index contributed by atoms with van der Waals surface area (Å²) in [5.74, 6) is 1.03. The van der Waals surface area contributed by atoms with Gasteiger partial charge in [0.15, 0.2) is 0 Å². The van der Waals surface area contributed by atoms with Crippen LogP contribution >= 0.6 is 11.8 Å². The highest BCUT2D eigenvalue weighted by atomic mass is 32.2. The first kappa shape index (κ1) is 12.7. The van der Waals surface area contributed by atoms with Gasteiger partial charge in [0.25, 0.3) is 0 Å². The molecule has 2 N–H and O–H groups in total.